The summed E-state index contributed by atoms with van der Waals surface area (Å²) in [5.74, 6) is 0. The number of alkyl halides is 3. The number of likely N-dealkylation sites (tertiary alicyclic amines) is 1. The molecule has 1 fully saturated rings. The van der Waals surface area contributed by atoms with Gasteiger partial charge in [-0.2, -0.15) is 13.2 Å². The van der Waals surface area contributed by atoms with Crippen LogP contribution in [0, 0.1) is 0 Å². The lowest BCUT2D eigenvalue weighted by Gasteiger charge is -2.43. The molecule has 0 bridgehead atoms. The smallest absolute Gasteiger partial charge is 0.392 e. The molecule has 0 saturated carbocycles. The minimum absolute atomic E-state index is 0.00235. The van der Waals surface area contributed by atoms with Gasteiger partial charge in [0, 0.05) is 36.3 Å². The zero-order chi connectivity index (χ0) is 24.0. The SMILES string of the molecule is CC(C)(O)C(O)Cn1cc(CN2CCC3(CC2)OCCc2c3sc(C(F)(F)F)c2CO)nn1. The topological polar surface area (TPSA) is 104 Å². The number of thiophene rings is 1. The molecule has 1 saturated heterocycles. The lowest BCUT2D eigenvalue weighted by atomic mass is 9.84. The molecule has 0 amide bonds. The molecule has 184 valence electrons. The van der Waals surface area contributed by atoms with Gasteiger partial charge in [-0.1, -0.05) is 5.21 Å². The molecule has 8 nitrogen and oxygen atoms in total. The van der Waals surface area contributed by atoms with Crippen LogP contribution in [0.3, 0.4) is 0 Å². The molecule has 4 heterocycles. The third-order valence-corrected chi connectivity index (χ3v) is 7.99. The quantitative estimate of drug-likeness (QED) is 0.569. The number of ether oxygens (including phenoxy) is 1. The van der Waals surface area contributed by atoms with Crippen LogP contribution in [0.1, 0.15) is 53.3 Å². The van der Waals surface area contributed by atoms with Gasteiger partial charge in [0.05, 0.1) is 31.1 Å². The van der Waals surface area contributed by atoms with Crippen LogP contribution in [-0.4, -0.2) is 66.6 Å². The fourth-order valence-corrected chi connectivity index (χ4v) is 5.94. The van der Waals surface area contributed by atoms with E-state index in [9.17, 15) is 28.5 Å². The third kappa shape index (κ3) is 4.96. The second-order valence-electron chi connectivity index (χ2n) is 9.34. The first-order valence-electron chi connectivity index (χ1n) is 10.9. The van der Waals surface area contributed by atoms with Gasteiger partial charge in [0.15, 0.2) is 0 Å². The van der Waals surface area contributed by atoms with Crippen LogP contribution in [0.25, 0.3) is 0 Å². The predicted octanol–water partition coefficient (Wildman–Crippen LogP) is 2.05. The van der Waals surface area contributed by atoms with Crippen LogP contribution >= 0.6 is 11.3 Å². The van der Waals surface area contributed by atoms with Crippen molar-refractivity contribution in [3.8, 4) is 0 Å². The standard InChI is InChI=1S/C21H29F3N4O4S/c1-19(2,31)16(30)11-28-10-13(25-26-28)9-27-6-4-20(5-7-27)17-14(3-8-32-20)15(12-29)18(33-17)21(22,23)24/h10,16,29-31H,3-9,11-12H2,1-2H3. The molecule has 1 unspecified atom stereocenters. The lowest BCUT2D eigenvalue weighted by Crippen LogP contribution is -2.45. The summed E-state index contributed by atoms with van der Waals surface area (Å²) >= 11 is 0.717. The molecule has 2 aromatic rings. The van der Waals surface area contributed by atoms with Crippen molar-refractivity contribution in [2.45, 2.75) is 76.3 Å². The minimum Gasteiger partial charge on any atom is -0.392 e. The van der Waals surface area contributed by atoms with Crippen molar-refractivity contribution in [1.82, 2.24) is 19.9 Å². The monoisotopic (exact) mass is 490 g/mol. The number of hydrogen-bond donors (Lipinski definition) is 3. The normalized spacial score (nSPS) is 20.2. The van der Waals surface area contributed by atoms with E-state index in [1.165, 1.54) is 18.5 Å². The Morgan fingerprint density at radius 3 is 2.58 bits per heavy atom. The fourth-order valence-electron chi connectivity index (χ4n) is 4.52. The molecule has 4 rings (SSSR count). The maximum absolute atomic E-state index is 13.5. The number of fused-ring (bicyclic) bond motifs is 2. The van der Waals surface area contributed by atoms with E-state index >= 15 is 0 Å². The first kappa shape index (κ1) is 24.6. The maximum Gasteiger partial charge on any atom is 0.425 e. The Morgan fingerprint density at radius 2 is 1.97 bits per heavy atom. The van der Waals surface area contributed by atoms with Crippen LogP contribution in [0.15, 0.2) is 6.20 Å². The van der Waals surface area contributed by atoms with Crippen molar-refractivity contribution >= 4 is 11.3 Å². The lowest BCUT2D eigenvalue weighted by molar-refractivity contribution is -0.135. The van der Waals surface area contributed by atoms with Gasteiger partial charge in [0.2, 0.25) is 0 Å². The zero-order valence-electron chi connectivity index (χ0n) is 18.6. The van der Waals surface area contributed by atoms with Crippen molar-refractivity contribution < 1.29 is 33.2 Å². The van der Waals surface area contributed by atoms with E-state index in [-0.39, 0.29) is 12.1 Å². The van der Waals surface area contributed by atoms with Gasteiger partial charge in [-0.05, 0) is 38.7 Å². The van der Waals surface area contributed by atoms with Crippen LogP contribution in [0.5, 0.6) is 0 Å². The van der Waals surface area contributed by atoms with Gasteiger partial charge in [-0.3, -0.25) is 4.90 Å². The van der Waals surface area contributed by atoms with Crippen molar-refractivity contribution in [3.63, 3.8) is 0 Å². The first-order valence-corrected chi connectivity index (χ1v) is 11.7. The molecule has 0 radical (unpaired) electrons. The summed E-state index contributed by atoms with van der Waals surface area (Å²) < 4.78 is 48.2. The molecule has 2 aromatic heterocycles. The van der Waals surface area contributed by atoms with E-state index in [1.807, 2.05) is 0 Å². The third-order valence-electron chi connectivity index (χ3n) is 6.49. The average molecular weight is 491 g/mol. The summed E-state index contributed by atoms with van der Waals surface area (Å²) in [6.45, 7) is 4.62. The van der Waals surface area contributed by atoms with E-state index in [0.717, 1.165) is 0 Å². The summed E-state index contributed by atoms with van der Waals surface area (Å²) in [5.41, 5.74) is -0.704. The van der Waals surface area contributed by atoms with E-state index in [0.29, 0.717) is 73.0 Å². The number of hydrogen-bond acceptors (Lipinski definition) is 8. The van der Waals surface area contributed by atoms with Crippen molar-refractivity contribution in [2.75, 3.05) is 19.7 Å². The highest BCUT2D eigenvalue weighted by atomic mass is 32.1. The van der Waals surface area contributed by atoms with Crippen LogP contribution in [-0.2, 0) is 42.6 Å². The van der Waals surface area contributed by atoms with Crippen molar-refractivity contribution in [3.05, 3.63) is 32.8 Å². The number of aromatic nitrogens is 3. The van der Waals surface area contributed by atoms with E-state index in [2.05, 4.69) is 15.2 Å². The Hall–Kier alpha value is -1.57. The molecule has 2 aliphatic heterocycles. The summed E-state index contributed by atoms with van der Waals surface area (Å²) in [6.07, 6.45) is -2.29. The summed E-state index contributed by atoms with van der Waals surface area (Å²) in [5, 5.41) is 37.7. The van der Waals surface area contributed by atoms with Crippen molar-refractivity contribution in [1.29, 1.82) is 0 Å². The van der Waals surface area contributed by atoms with Gasteiger partial charge in [-0.15, -0.1) is 16.4 Å². The van der Waals surface area contributed by atoms with Crippen molar-refractivity contribution in [2.24, 2.45) is 0 Å². The highest BCUT2D eigenvalue weighted by molar-refractivity contribution is 7.12. The molecule has 0 aromatic carbocycles. The van der Waals surface area contributed by atoms with Gasteiger partial charge < -0.3 is 20.1 Å². The van der Waals surface area contributed by atoms with E-state index in [4.69, 9.17) is 4.74 Å². The fraction of sp³-hybridized carbons (Fsp3) is 0.714. The Morgan fingerprint density at radius 1 is 1.27 bits per heavy atom. The number of rotatable bonds is 6. The molecule has 1 atom stereocenters. The second-order valence-corrected chi connectivity index (χ2v) is 10.4. The minimum atomic E-state index is -4.49. The predicted molar refractivity (Wildman–Crippen MR) is 113 cm³/mol. The Kier molecular flexibility index (Phi) is 6.62. The van der Waals surface area contributed by atoms with Gasteiger partial charge in [-0.25, -0.2) is 4.68 Å². The van der Waals surface area contributed by atoms with E-state index in [1.54, 1.807) is 6.20 Å². The first-order chi connectivity index (χ1) is 15.4. The molecule has 33 heavy (non-hydrogen) atoms. The summed E-state index contributed by atoms with van der Waals surface area (Å²) in [6, 6.07) is 0. The molecular weight excluding hydrogens is 461 g/mol. The van der Waals surface area contributed by atoms with Crippen LogP contribution in [0.2, 0.25) is 0 Å². The van der Waals surface area contributed by atoms with Crippen LogP contribution < -0.4 is 0 Å². The highest BCUT2D eigenvalue weighted by Gasteiger charge is 2.47. The number of aliphatic hydroxyl groups is 3. The maximum atomic E-state index is 13.5. The Bertz CT molecular complexity index is 977. The van der Waals surface area contributed by atoms with Gasteiger partial charge >= 0.3 is 6.18 Å². The Labute approximate surface area is 193 Å². The molecule has 0 aliphatic carbocycles. The Balaban J connectivity index is 1.44. The second kappa shape index (κ2) is 8.90. The number of aliphatic hydroxyl groups excluding tert-OH is 2. The van der Waals surface area contributed by atoms with Crippen LogP contribution in [0.4, 0.5) is 13.2 Å². The number of piperidine rings is 1. The summed E-state index contributed by atoms with van der Waals surface area (Å²) in [7, 11) is 0. The molecule has 1 spiro atoms. The average Bonchev–Trinajstić information content (AvgIpc) is 3.34. The summed E-state index contributed by atoms with van der Waals surface area (Å²) in [4.78, 5) is 2.04. The highest BCUT2D eigenvalue weighted by Crippen LogP contribution is 2.50. The van der Waals surface area contributed by atoms with E-state index < -0.39 is 35.0 Å². The zero-order valence-corrected chi connectivity index (χ0v) is 19.4. The largest absolute Gasteiger partial charge is 0.425 e. The molecule has 3 N–H and O–H groups in total. The molecule has 2 aliphatic rings. The number of halogens is 3. The van der Waals surface area contributed by atoms with Gasteiger partial charge in [0.25, 0.3) is 0 Å². The van der Waals surface area contributed by atoms with Gasteiger partial charge in [0.1, 0.15) is 16.6 Å². The molecular formula is C21H29F3N4O4S. The number of nitrogens with zero attached hydrogens (tertiary/aromatic N) is 4. The molecule has 12 heteroatoms.